The maximum absolute atomic E-state index is 12.8. The number of rotatable bonds is 8. The zero-order chi connectivity index (χ0) is 15.0. The molecule has 0 radical (unpaired) electrons. The maximum Gasteiger partial charge on any atom is 0.252 e. The third-order valence-electron chi connectivity index (χ3n) is 3.97. The molecule has 0 saturated heterocycles. The molecular formula is C15H24N2O2S2. The summed E-state index contributed by atoms with van der Waals surface area (Å²) in [5, 5.41) is 3.34. The van der Waals surface area contributed by atoms with Crippen molar-refractivity contribution in [2.45, 2.75) is 62.4 Å². The maximum atomic E-state index is 12.8. The van der Waals surface area contributed by atoms with Crippen molar-refractivity contribution in [3.05, 3.63) is 17.0 Å². The summed E-state index contributed by atoms with van der Waals surface area (Å²) in [6, 6.07) is 4.38. The third kappa shape index (κ3) is 3.86. The van der Waals surface area contributed by atoms with Crippen LogP contribution in [0.2, 0.25) is 0 Å². The zero-order valence-corrected chi connectivity index (χ0v) is 14.3. The largest absolute Gasteiger partial charge is 0.310 e. The molecule has 0 spiro atoms. The third-order valence-corrected chi connectivity index (χ3v) is 7.44. The van der Waals surface area contributed by atoms with Gasteiger partial charge in [-0.1, -0.05) is 13.8 Å². The second kappa shape index (κ2) is 5.99. The van der Waals surface area contributed by atoms with Crippen LogP contribution in [0.3, 0.4) is 0 Å². The predicted molar refractivity (Wildman–Crippen MR) is 85.9 cm³/mol. The van der Waals surface area contributed by atoms with Crippen molar-refractivity contribution in [2.24, 2.45) is 5.92 Å². The Kier molecular flexibility index (Phi) is 4.41. The van der Waals surface area contributed by atoms with Crippen molar-refractivity contribution in [1.29, 1.82) is 0 Å². The van der Waals surface area contributed by atoms with Gasteiger partial charge in [0.2, 0.25) is 0 Å². The van der Waals surface area contributed by atoms with Gasteiger partial charge >= 0.3 is 0 Å². The van der Waals surface area contributed by atoms with Crippen LogP contribution in [0.1, 0.15) is 44.4 Å². The molecule has 118 valence electrons. The van der Waals surface area contributed by atoms with E-state index in [0.29, 0.717) is 16.2 Å². The fourth-order valence-corrected chi connectivity index (χ4v) is 5.57. The molecule has 1 aromatic heterocycles. The molecule has 2 aliphatic rings. The highest BCUT2D eigenvalue weighted by Gasteiger charge is 2.41. The fourth-order valence-electron chi connectivity index (χ4n) is 2.37. The minimum absolute atomic E-state index is 0.259. The second-order valence-electron chi connectivity index (χ2n) is 6.51. The van der Waals surface area contributed by atoms with Gasteiger partial charge in [-0.15, -0.1) is 11.3 Å². The van der Waals surface area contributed by atoms with E-state index >= 15 is 0 Å². The van der Waals surface area contributed by atoms with Crippen LogP contribution >= 0.6 is 11.3 Å². The zero-order valence-electron chi connectivity index (χ0n) is 12.7. The van der Waals surface area contributed by atoms with Gasteiger partial charge in [0.25, 0.3) is 10.0 Å². The first kappa shape index (κ1) is 15.5. The fraction of sp³-hybridized carbons (Fsp3) is 0.733. The Bertz CT molecular complexity index is 587. The van der Waals surface area contributed by atoms with Gasteiger partial charge in [-0.05, 0) is 43.7 Å². The minimum atomic E-state index is -3.29. The smallest absolute Gasteiger partial charge is 0.252 e. The molecule has 2 fully saturated rings. The van der Waals surface area contributed by atoms with Crippen molar-refractivity contribution >= 4 is 21.4 Å². The van der Waals surface area contributed by atoms with Gasteiger partial charge in [-0.3, -0.25) is 0 Å². The lowest BCUT2D eigenvalue weighted by molar-refractivity contribution is 0.390. The Hall–Kier alpha value is -0.430. The SMILES string of the molecule is CC(C)NCc1ccc(S(=O)(=O)N(CC2CC2)C2CC2)s1. The summed E-state index contributed by atoms with van der Waals surface area (Å²) in [7, 11) is -3.29. The standard InChI is InChI=1S/C15H24N2O2S2/c1-11(2)16-9-14-7-8-15(20-14)21(18,19)17(13-5-6-13)10-12-3-4-12/h7-8,11-13,16H,3-6,9-10H2,1-2H3. The normalized spacial score (nSPS) is 19.6. The van der Waals surface area contributed by atoms with Crippen LogP contribution in [0.5, 0.6) is 0 Å². The van der Waals surface area contributed by atoms with Crippen LogP contribution in [0.15, 0.2) is 16.3 Å². The summed E-state index contributed by atoms with van der Waals surface area (Å²) in [6.07, 6.45) is 4.43. The lowest BCUT2D eigenvalue weighted by Crippen LogP contribution is -2.34. The van der Waals surface area contributed by atoms with E-state index in [0.717, 1.165) is 30.8 Å². The van der Waals surface area contributed by atoms with Crippen LogP contribution in [-0.2, 0) is 16.6 Å². The lowest BCUT2D eigenvalue weighted by atomic mass is 10.4. The minimum Gasteiger partial charge on any atom is -0.310 e. The Labute approximate surface area is 131 Å². The molecule has 0 unspecified atom stereocenters. The van der Waals surface area contributed by atoms with Crippen molar-refractivity contribution in [1.82, 2.24) is 9.62 Å². The average Bonchev–Trinajstić information content (AvgIpc) is 3.32. The first-order valence-corrected chi connectivity index (χ1v) is 10.1. The molecule has 6 heteroatoms. The molecule has 21 heavy (non-hydrogen) atoms. The number of nitrogens with one attached hydrogen (secondary N) is 1. The number of hydrogen-bond acceptors (Lipinski definition) is 4. The van der Waals surface area contributed by atoms with E-state index in [9.17, 15) is 8.42 Å². The molecule has 0 aliphatic heterocycles. The molecule has 1 N–H and O–H groups in total. The number of sulfonamides is 1. The van der Waals surface area contributed by atoms with Gasteiger partial charge in [0, 0.05) is 30.1 Å². The first-order valence-electron chi connectivity index (χ1n) is 7.81. The molecule has 2 aliphatic carbocycles. The molecule has 4 nitrogen and oxygen atoms in total. The van der Waals surface area contributed by atoms with E-state index in [4.69, 9.17) is 0 Å². The molecule has 0 atom stereocenters. The van der Waals surface area contributed by atoms with Gasteiger partial charge in [0.1, 0.15) is 4.21 Å². The van der Waals surface area contributed by atoms with E-state index in [1.54, 1.807) is 10.4 Å². The number of hydrogen-bond donors (Lipinski definition) is 1. The summed E-state index contributed by atoms with van der Waals surface area (Å²) in [5.74, 6) is 0.599. The molecule has 1 heterocycles. The van der Waals surface area contributed by atoms with Gasteiger partial charge in [0.15, 0.2) is 0 Å². The average molecular weight is 329 g/mol. The van der Waals surface area contributed by atoms with Crippen LogP contribution in [-0.4, -0.2) is 31.4 Å². The molecule has 0 amide bonds. The van der Waals surface area contributed by atoms with Gasteiger partial charge in [-0.2, -0.15) is 4.31 Å². The molecule has 0 bridgehead atoms. The first-order chi connectivity index (χ1) is 9.96. The van der Waals surface area contributed by atoms with Crippen molar-refractivity contribution < 1.29 is 8.42 Å². The summed E-state index contributed by atoms with van der Waals surface area (Å²) in [4.78, 5) is 1.09. The van der Waals surface area contributed by atoms with E-state index in [-0.39, 0.29) is 6.04 Å². The Morgan fingerprint density at radius 3 is 2.57 bits per heavy atom. The summed E-state index contributed by atoms with van der Waals surface area (Å²) in [6.45, 7) is 5.65. The Balaban J connectivity index is 1.73. The summed E-state index contributed by atoms with van der Waals surface area (Å²) < 4.78 is 28.0. The van der Waals surface area contributed by atoms with E-state index in [2.05, 4.69) is 19.2 Å². The van der Waals surface area contributed by atoms with Crippen molar-refractivity contribution in [2.75, 3.05) is 6.54 Å². The topological polar surface area (TPSA) is 49.4 Å². The lowest BCUT2D eigenvalue weighted by Gasteiger charge is -2.20. The number of thiophene rings is 1. The summed E-state index contributed by atoms with van der Waals surface area (Å²) >= 11 is 1.41. The highest BCUT2D eigenvalue weighted by Crippen LogP contribution is 2.39. The van der Waals surface area contributed by atoms with Crippen molar-refractivity contribution in [3.63, 3.8) is 0 Å². The Morgan fingerprint density at radius 1 is 1.29 bits per heavy atom. The van der Waals surface area contributed by atoms with Crippen LogP contribution < -0.4 is 5.32 Å². The van der Waals surface area contributed by atoms with Gasteiger partial charge in [-0.25, -0.2) is 8.42 Å². The van der Waals surface area contributed by atoms with Gasteiger partial charge in [0.05, 0.1) is 0 Å². The predicted octanol–water partition coefficient (Wildman–Crippen LogP) is 2.81. The molecular weight excluding hydrogens is 304 g/mol. The van der Waals surface area contributed by atoms with Crippen LogP contribution in [0.4, 0.5) is 0 Å². The molecule has 0 aromatic carbocycles. The van der Waals surface area contributed by atoms with E-state index < -0.39 is 10.0 Å². The summed E-state index contributed by atoms with van der Waals surface area (Å²) in [5.41, 5.74) is 0. The van der Waals surface area contributed by atoms with E-state index in [1.807, 2.05) is 6.07 Å². The monoisotopic (exact) mass is 328 g/mol. The highest BCUT2D eigenvalue weighted by molar-refractivity contribution is 7.91. The molecule has 3 rings (SSSR count). The quantitative estimate of drug-likeness (QED) is 0.798. The van der Waals surface area contributed by atoms with E-state index in [1.165, 1.54) is 24.2 Å². The van der Waals surface area contributed by atoms with Crippen molar-refractivity contribution in [3.8, 4) is 0 Å². The molecule has 1 aromatic rings. The Morgan fingerprint density at radius 2 is 2.00 bits per heavy atom. The highest BCUT2D eigenvalue weighted by atomic mass is 32.2. The van der Waals surface area contributed by atoms with Gasteiger partial charge < -0.3 is 5.32 Å². The van der Waals surface area contributed by atoms with Crippen LogP contribution in [0, 0.1) is 5.92 Å². The number of nitrogens with zero attached hydrogens (tertiary/aromatic N) is 1. The second-order valence-corrected chi connectivity index (χ2v) is 9.79. The van der Waals surface area contributed by atoms with Crippen LogP contribution in [0.25, 0.3) is 0 Å². The molecule has 2 saturated carbocycles.